The van der Waals surface area contributed by atoms with E-state index in [1.54, 1.807) is 24.9 Å². The van der Waals surface area contributed by atoms with E-state index in [4.69, 9.17) is 0 Å². The largest absolute Gasteiger partial charge is 0.342 e. The Kier molecular flexibility index (Phi) is 10.7. The van der Waals surface area contributed by atoms with Crippen molar-refractivity contribution < 1.29 is 14.4 Å². The van der Waals surface area contributed by atoms with Gasteiger partial charge >= 0.3 is 0 Å². The Morgan fingerprint density at radius 3 is 1.88 bits per heavy atom. The summed E-state index contributed by atoms with van der Waals surface area (Å²) in [5.41, 5.74) is 1.77. The molecule has 0 saturated heterocycles. The van der Waals surface area contributed by atoms with E-state index in [-0.39, 0.29) is 17.6 Å². The van der Waals surface area contributed by atoms with E-state index in [0.29, 0.717) is 25.0 Å². The highest BCUT2D eigenvalue weighted by molar-refractivity contribution is 5.94. The lowest BCUT2D eigenvalue weighted by atomic mass is 9.84. The second-order valence-corrected chi connectivity index (χ2v) is 10.7. The van der Waals surface area contributed by atoms with Gasteiger partial charge in [-0.2, -0.15) is 0 Å². The van der Waals surface area contributed by atoms with E-state index < -0.39 is 17.0 Å². The van der Waals surface area contributed by atoms with Crippen LogP contribution in [0, 0.1) is 5.41 Å². The van der Waals surface area contributed by atoms with Crippen LogP contribution in [0.3, 0.4) is 0 Å². The Labute approximate surface area is 206 Å². The highest BCUT2D eigenvalue weighted by Gasteiger charge is 2.48. The lowest BCUT2D eigenvalue weighted by Gasteiger charge is -2.39. The first kappa shape index (κ1) is 29.6. The van der Waals surface area contributed by atoms with Gasteiger partial charge in [-0.1, -0.05) is 71.4 Å². The van der Waals surface area contributed by atoms with Crippen molar-refractivity contribution in [2.45, 2.75) is 79.3 Å². The van der Waals surface area contributed by atoms with Gasteiger partial charge in [0.1, 0.15) is 11.6 Å². The lowest BCUT2D eigenvalue weighted by molar-refractivity contribution is -0.141. The Bertz CT molecular complexity index is 871. The van der Waals surface area contributed by atoms with E-state index in [1.165, 1.54) is 24.5 Å². The van der Waals surface area contributed by atoms with Gasteiger partial charge in [0.15, 0.2) is 5.78 Å². The first-order valence-corrected chi connectivity index (χ1v) is 12.2. The molecular formula is C28H45N3O3. The Balaban J connectivity index is 0.00000182. The number of hydrogen-bond acceptors (Lipinski definition) is 4. The normalized spacial score (nSPS) is 15.7. The molecule has 1 aromatic rings. The fourth-order valence-electron chi connectivity index (χ4n) is 3.92. The van der Waals surface area contributed by atoms with Crippen molar-refractivity contribution in [3.05, 3.63) is 47.0 Å². The third kappa shape index (κ3) is 7.26. The van der Waals surface area contributed by atoms with Crippen molar-refractivity contribution in [1.82, 2.24) is 15.1 Å². The van der Waals surface area contributed by atoms with Crippen molar-refractivity contribution in [3.8, 4) is 0 Å². The maximum atomic E-state index is 13.6. The highest BCUT2D eigenvalue weighted by Crippen LogP contribution is 2.34. The average Bonchev–Trinajstić information content (AvgIpc) is 3.15. The summed E-state index contributed by atoms with van der Waals surface area (Å²) < 4.78 is 0. The number of amides is 2. The zero-order valence-electron chi connectivity index (χ0n) is 22.9. The summed E-state index contributed by atoms with van der Waals surface area (Å²) in [7, 11) is 5.53. The average molecular weight is 472 g/mol. The zero-order chi connectivity index (χ0) is 26.3. The number of benzene rings is 1. The van der Waals surface area contributed by atoms with Crippen LogP contribution in [-0.2, 0) is 27.2 Å². The van der Waals surface area contributed by atoms with E-state index >= 15 is 0 Å². The van der Waals surface area contributed by atoms with Gasteiger partial charge < -0.3 is 10.2 Å². The van der Waals surface area contributed by atoms with Gasteiger partial charge in [0.2, 0.25) is 11.8 Å². The highest BCUT2D eigenvalue weighted by atomic mass is 16.2. The number of Topliss-reactive ketones (excluding diaryl/α,β-unsaturated/α-hetero) is 1. The summed E-state index contributed by atoms with van der Waals surface area (Å²) in [6, 6.07) is 7.44. The summed E-state index contributed by atoms with van der Waals surface area (Å²) in [6.45, 7) is 13.7. The summed E-state index contributed by atoms with van der Waals surface area (Å²) in [5.74, 6) is -0.320. The van der Waals surface area contributed by atoms with Crippen LogP contribution in [0.2, 0.25) is 0 Å². The Hall–Kier alpha value is -2.47. The minimum atomic E-state index is -0.725. The number of likely N-dealkylation sites (N-methyl/N-ethyl adjacent to an activating group) is 2. The zero-order valence-corrected chi connectivity index (χ0v) is 22.9. The first-order chi connectivity index (χ1) is 15.7. The summed E-state index contributed by atoms with van der Waals surface area (Å²) in [4.78, 5) is 41.9. The molecule has 1 N–H and O–H groups in total. The molecule has 1 aliphatic rings. The number of nitrogens with zero attached hydrogens (tertiary/aromatic N) is 2. The standard InChI is InChI=1S/C25H37N3O3.C3H8/c1-17(18(2)29)13-14-28(8)22(30)21(24(3,4)5)26-23(31)25(27(6)7)15-19-11-9-10-12-20(19)16-25;1-3-2/h9-13,21H,14-16H2,1-8H3,(H,26,31);3H2,1-2H3/b17-13+;. The molecule has 2 amide bonds. The summed E-state index contributed by atoms with van der Waals surface area (Å²) in [5, 5.41) is 3.09. The van der Waals surface area contributed by atoms with Gasteiger partial charge in [-0.25, -0.2) is 0 Å². The monoisotopic (exact) mass is 471 g/mol. The van der Waals surface area contributed by atoms with Gasteiger partial charge in [-0.15, -0.1) is 0 Å². The van der Waals surface area contributed by atoms with Gasteiger partial charge in [-0.3, -0.25) is 19.3 Å². The van der Waals surface area contributed by atoms with Crippen molar-refractivity contribution >= 4 is 17.6 Å². The molecule has 1 atom stereocenters. The molecule has 6 heteroatoms. The van der Waals surface area contributed by atoms with Crippen molar-refractivity contribution in [2.24, 2.45) is 5.41 Å². The predicted molar refractivity (Wildman–Crippen MR) is 140 cm³/mol. The smallest absolute Gasteiger partial charge is 0.245 e. The number of allylic oxidation sites excluding steroid dienone is 1. The van der Waals surface area contributed by atoms with Crippen molar-refractivity contribution in [3.63, 3.8) is 0 Å². The van der Waals surface area contributed by atoms with Crippen LogP contribution in [0.15, 0.2) is 35.9 Å². The minimum absolute atomic E-state index is 0.0183. The molecular weight excluding hydrogens is 426 g/mol. The molecule has 0 heterocycles. The molecule has 1 aromatic carbocycles. The van der Waals surface area contributed by atoms with E-state index in [0.717, 1.165) is 0 Å². The van der Waals surface area contributed by atoms with Crippen molar-refractivity contribution in [1.29, 1.82) is 0 Å². The maximum Gasteiger partial charge on any atom is 0.245 e. The van der Waals surface area contributed by atoms with Gasteiger partial charge in [0.25, 0.3) is 0 Å². The van der Waals surface area contributed by atoms with Crippen LogP contribution in [0.4, 0.5) is 0 Å². The number of nitrogens with one attached hydrogen (secondary N) is 1. The first-order valence-electron chi connectivity index (χ1n) is 12.2. The second kappa shape index (κ2) is 12.3. The molecule has 0 saturated carbocycles. The number of ketones is 1. The molecule has 0 aliphatic heterocycles. The van der Waals surface area contributed by atoms with Crippen LogP contribution < -0.4 is 5.32 Å². The van der Waals surface area contributed by atoms with Gasteiger partial charge in [-0.05, 0) is 50.1 Å². The van der Waals surface area contributed by atoms with Gasteiger partial charge in [0, 0.05) is 26.4 Å². The molecule has 0 bridgehead atoms. The van der Waals surface area contributed by atoms with Crippen LogP contribution >= 0.6 is 0 Å². The van der Waals surface area contributed by atoms with Crippen molar-refractivity contribution in [2.75, 3.05) is 27.7 Å². The quantitative estimate of drug-likeness (QED) is 0.610. The number of rotatable bonds is 7. The van der Waals surface area contributed by atoms with E-state index in [2.05, 4.69) is 31.3 Å². The Morgan fingerprint density at radius 1 is 1.03 bits per heavy atom. The molecule has 190 valence electrons. The molecule has 2 rings (SSSR count). The molecule has 0 radical (unpaired) electrons. The van der Waals surface area contributed by atoms with Crippen LogP contribution in [0.5, 0.6) is 0 Å². The molecule has 1 aliphatic carbocycles. The summed E-state index contributed by atoms with van der Waals surface area (Å²) in [6.07, 6.45) is 4.23. The molecule has 0 aromatic heterocycles. The third-order valence-corrected chi connectivity index (χ3v) is 6.35. The third-order valence-electron chi connectivity index (χ3n) is 6.35. The number of carbonyl (C=O) groups excluding carboxylic acids is 3. The number of carbonyl (C=O) groups is 3. The topological polar surface area (TPSA) is 69.7 Å². The lowest BCUT2D eigenvalue weighted by Crippen LogP contribution is -2.63. The predicted octanol–water partition coefficient (Wildman–Crippen LogP) is 4.03. The van der Waals surface area contributed by atoms with E-state index in [1.807, 2.05) is 51.9 Å². The van der Waals surface area contributed by atoms with Crippen LogP contribution in [0.25, 0.3) is 0 Å². The van der Waals surface area contributed by atoms with Gasteiger partial charge in [0.05, 0.1) is 0 Å². The fraction of sp³-hybridized carbons (Fsp3) is 0.607. The molecule has 0 fully saturated rings. The molecule has 34 heavy (non-hydrogen) atoms. The van der Waals surface area contributed by atoms with Crippen LogP contribution in [-0.4, -0.2) is 66.7 Å². The SMILES string of the molecule is CC(=O)/C(C)=C/CN(C)C(=O)C(NC(=O)C1(N(C)C)Cc2ccccc2C1)C(C)(C)C.CCC. The van der Waals surface area contributed by atoms with E-state index in [9.17, 15) is 14.4 Å². The number of fused-ring (bicyclic) bond motifs is 1. The molecule has 1 unspecified atom stereocenters. The minimum Gasteiger partial charge on any atom is -0.342 e. The molecule has 6 nitrogen and oxygen atoms in total. The summed E-state index contributed by atoms with van der Waals surface area (Å²) >= 11 is 0. The van der Waals surface area contributed by atoms with Crippen LogP contribution in [0.1, 0.15) is 66.0 Å². The maximum absolute atomic E-state index is 13.6. The number of hydrogen-bond donors (Lipinski definition) is 1. The Morgan fingerprint density at radius 2 is 1.50 bits per heavy atom. The second-order valence-electron chi connectivity index (χ2n) is 10.7. The molecule has 0 spiro atoms. The fourth-order valence-corrected chi connectivity index (χ4v) is 3.92.